The van der Waals surface area contributed by atoms with E-state index in [-0.39, 0.29) is 27.9 Å². The van der Waals surface area contributed by atoms with Crippen LogP contribution in [-0.4, -0.2) is 20.3 Å². The molecule has 0 fully saturated rings. The summed E-state index contributed by atoms with van der Waals surface area (Å²) in [6.07, 6.45) is -0.962. The Morgan fingerprint density at radius 2 is 1.89 bits per heavy atom. The van der Waals surface area contributed by atoms with Crippen molar-refractivity contribution in [2.45, 2.75) is 6.18 Å². The van der Waals surface area contributed by atoms with E-state index in [9.17, 15) is 26.7 Å². The maximum absolute atomic E-state index is 13.5. The third kappa shape index (κ3) is 2.88. The van der Waals surface area contributed by atoms with Gasteiger partial charge in [-0.15, -0.1) is 0 Å². The van der Waals surface area contributed by atoms with E-state index in [4.69, 9.17) is 0 Å². The number of rotatable bonds is 2. The molecular formula is C17H9F5N4O. The van der Waals surface area contributed by atoms with Crippen LogP contribution in [0.5, 0.6) is 0 Å². The monoisotopic (exact) mass is 380 g/mol. The van der Waals surface area contributed by atoms with Crippen molar-refractivity contribution in [3.8, 4) is 0 Å². The number of H-pyrrole nitrogens is 1. The highest BCUT2D eigenvalue weighted by Crippen LogP contribution is 2.30. The smallest absolute Gasteiger partial charge is 0.359 e. The lowest BCUT2D eigenvalue weighted by atomic mass is 10.2. The summed E-state index contributed by atoms with van der Waals surface area (Å²) in [4.78, 5) is 19.0. The van der Waals surface area contributed by atoms with Crippen LogP contribution in [0.25, 0.3) is 16.6 Å². The van der Waals surface area contributed by atoms with Crippen LogP contribution in [0, 0.1) is 11.6 Å². The lowest BCUT2D eigenvalue weighted by Crippen LogP contribution is -2.14. The zero-order valence-electron chi connectivity index (χ0n) is 13.2. The van der Waals surface area contributed by atoms with Gasteiger partial charge in [-0.05, 0) is 18.2 Å². The molecule has 138 valence electrons. The Kier molecular flexibility index (Phi) is 3.65. The predicted molar refractivity (Wildman–Crippen MR) is 86.4 cm³/mol. The van der Waals surface area contributed by atoms with Gasteiger partial charge in [0, 0.05) is 23.8 Å². The number of hydrogen-bond donors (Lipinski definition) is 2. The van der Waals surface area contributed by atoms with Gasteiger partial charge in [0.1, 0.15) is 11.3 Å². The van der Waals surface area contributed by atoms with Crippen LogP contribution < -0.4 is 5.32 Å². The van der Waals surface area contributed by atoms with Crippen molar-refractivity contribution in [1.29, 1.82) is 0 Å². The Morgan fingerprint density at radius 3 is 2.63 bits per heavy atom. The van der Waals surface area contributed by atoms with E-state index in [1.165, 1.54) is 10.6 Å². The minimum atomic E-state index is -4.53. The van der Waals surface area contributed by atoms with Crippen LogP contribution in [0.1, 0.15) is 16.1 Å². The van der Waals surface area contributed by atoms with E-state index in [1.807, 2.05) is 0 Å². The Labute approximate surface area is 147 Å². The number of benzene rings is 1. The lowest BCUT2D eigenvalue weighted by molar-refractivity contribution is -0.137. The van der Waals surface area contributed by atoms with Crippen molar-refractivity contribution in [2.24, 2.45) is 0 Å². The Hall–Kier alpha value is -3.43. The molecule has 0 bridgehead atoms. The van der Waals surface area contributed by atoms with E-state index in [1.54, 1.807) is 0 Å². The second-order valence-corrected chi connectivity index (χ2v) is 5.75. The number of carbonyl (C=O) groups excluding carboxylic acids is 1. The van der Waals surface area contributed by atoms with Crippen LogP contribution in [0.4, 0.5) is 27.6 Å². The Morgan fingerprint density at radius 1 is 1.15 bits per heavy atom. The quantitative estimate of drug-likeness (QED) is 0.508. The first kappa shape index (κ1) is 17.0. The van der Waals surface area contributed by atoms with Gasteiger partial charge in [0.2, 0.25) is 0 Å². The van der Waals surface area contributed by atoms with Gasteiger partial charge in [-0.2, -0.15) is 13.2 Å². The average molecular weight is 380 g/mol. The molecule has 0 aliphatic rings. The molecule has 0 saturated carbocycles. The van der Waals surface area contributed by atoms with Crippen LogP contribution >= 0.6 is 0 Å². The molecule has 4 aromatic rings. The fraction of sp³-hybridized carbons (Fsp3) is 0.0588. The number of imidazole rings is 1. The van der Waals surface area contributed by atoms with Gasteiger partial charge in [-0.3, -0.25) is 9.20 Å². The SMILES string of the molecule is O=C(Nc1c[nH]c2cc(F)c(F)cc12)c1cnc2cc(C(F)(F)F)ccn12. The normalized spacial score (nSPS) is 12.0. The van der Waals surface area contributed by atoms with E-state index in [0.717, 1.165) is 36.7 Å². The number of carbonyl (C=O) groups is 1. The van der Waals surface area contributed by atoms with Gasteiger partial charge in [0.05, 0.1) is 23.0 Å². The van der Waals surface area contributed by atoms with E-state index >= 15 is 0 Å². The highest BCUT2D eigenvalue weighted by atomic mass is 19.4. The number of halogens is 5. The predicted octanol–water partition coefficient (Wildman–Crippen LogP) is 4.36. The first-order valence-corrected chi connectivity index (χ1v) is 7.56. The number of alkyl halides is 3. The fourth-order valence-corrected chi connectivity index (χ4v) is 2.73. The van der Waals surface area contributed by atoms with Crippen molar-refractivity contribution >= 4 is 28.1 Å². The third-order valence-corrected chi connectivity index (χ3v) is 4.04. The highest BCUT2D eigenvalue weighted by Gasteiger charge is 2.31. The Balaban J connectivity index is 1.69. The van der Waals surface area contributed by atoms with Crippen LogP contribution in [0.3, 0.4) is 0 Å². The average Bonchev–Trinajstić information content (AvgIpc) is 3.18. The summed E-state index contributed by atoms with van der Waals surface area (Å²) >= 11 is 0. The van der Waals surface area contributed by atoms with Gasteiger partial charge in [0.25, 0.3) is 5.91 Å². The molecule has 0 radical (unpaired) electrons. The molecule has 4 rings (SSSR count). The fourth-order valence-electron chi connectivity index (χ4n) is 2.73. The molecular weight excluding hydrogens is 371 g/mol. The second kappa shape index (κ2) is 5.79. The molecule has 0 spiro atoms. The van der Waals surface area contributed by atoms with Crippen molar-refractivity contribution in [1.82, 2.24) is 14.4 Å². The number of anilines is 1. The van der Waals surface area contributed by atoms with Gasteiger partial charge in [-0.25, -0.2) is 13.8 Å². The molecule has 1 amide bonds. The molecule has 27 heavy (non-hydrogen) atoms. The molecule has 2 N–H and O–H groups in total. The summed E-state index contributed by atoms with van der Waals surface area (Å²) in [5.41, 5.74) is -0.493. The first-order valence-electron chi connectivity index (χ1n) is 7.56. The first-order chi connectivity index (χ1) is 12.7. The van der Waals surface area contributed by atoms with Crippen molar-refractivity contribution in [3.63, 3.8) is 0 Å². The number of aromatic amines is 1. The summed E-state index contributed by atoms with van der Waals surface area (Å²) in [5, 5.41) is 2.75. The largest absolute Gasteiger partial charge is 0.416 e. The zero-order valence-corrected chi connectivity index (χ0v) is 13.2. The summed E-state index contributed by atoms with van der Waals surface area (Å²) in [6, 6.07) is 3.53. The van der Waals surface area contributed by atoms with Crippen LogP contribution in [0.2, 0.25) is 0 Å². The number of amides is 1. The van der Waals surface area contributed by atoms with Crippen LogP contribution in [0.15, 0.2) is 42.9 Å². The molecule has 3 heterocycles. The molecule has 0 aliphatic heterocycles. The number of fused-ring (bicyclic) bond motifs is 2. The van der Waals surface area contributed by atoms with Crippen molar-refractivity contribution < 1.29 is 26.7 Å². The lowest BCUT2D eigenvalue weighted by Gasteiger charge is -2.08. The van der Waals surface area contributed by atoms with Crippen molar-refractivity contribution in [2.75, 3.05) is 5.32 Å². The van der Waals surface area contributed by atoms with E-state index < -0.39 is 29.3 Å². The molecule has 0 aliphatic carbocycles. The molecule has 0 saturated heterocycles. The van der Waals surface area contributed by atoms with Gasteiger partial charge in [0.15, 0.2) is 11.6 Å². The highest BCUT2D eigenvalue weighted by molar-refractivity contribution is 6.08. The van der Waals surface area contributed by atoms with E-state index in [0.29, 0.717) is 0 Å². The number of hydrogen-bond acceptors (Lipinski definition) is 2. The third-order valence-electron chi connectivity index (χ3n) is 4.04. The molecule has 0 atom stereocenters. The summed E-state index contributed by atoms with van der Waals surface area (Å²) in [7, 11) is 0. The standard InChI is InChI=1S/C17H9F5N4O/c18-10-4-9-12(5-11(10)19)23-6-13(9)25-16(27)14-7-24-15-3-8(17(20,21)22)1-2-26(14)15/h1-7,23H,(H,25,27). The van der Waals surface area contributed by atoms with Crippen LogP contribution in [-0.2, 0) is 6.18 Å². The number of pyridine rings is 1. The topological polar surface area (TPSA) is 62.2 Å². The second-order valence-electron chi connectivity index (χ2n) is 5.75. The van der Waals surface area contributed by atoms with Gasteiger partial charge in [-0.1, -0.05) is 0 Å². The minimum absolute atomic E-state index is 0.0179. The van der Waals surface area contributed by atoms with E-state index in [2.05, 4.69) is 15.3 Å². The summed E-state index contributed by atoms with van der Waals surface area (Å²) in [6.45, 7) is 0. The summed E-state index contributed by atoms with van der Waals surface area (Å²) < 4.78 is 66.2. The minimum Gasteiger partial charge on any atom is -0.359 e. The molecule has 5 nitrogen and oxygen atoms in total. The molecule has 10 heteroatoms. The molecule has 1 aromatic carbocycles. The molecule has 3 aromatic heterocycles. The zero-order chi connectivity index (χ0) is 19.3. The number of nitrogens with zero attached hydrogens (tertiary/aromatic N) is 2. The number of nitrogens with one attached hydrogen (secondary N) is 2. The van der Waals surface area contributed by atoms with Gasteiger partial charge >= 0.3 is 6.18 Å². The maximum Gasteiger partial charge on any atom is 0.416 e. The maximum atomic E-state index is 13.5. The summed E-state index contributed by atoms with van der Waals surface area (Å²) in [5.74, 6) is -2.79. The number of aromatic nitrogens is 3. The Bertz CT molecular complexity index is 1190. The van der Waals surface area contributed by atoms with Gasteiger partial charge < -0.3 is 10.3 Å². The molecule has 0 unspecified atom stereocenters. The van der Waals surface area contributed by atoms with Crippen molar-refractivity contribution in [3.05, 3.63) is 65.7 Å².